The summed E-state index contributed by atoms with van der Waals surface area (Å²) in [6, 6.07) is -0.281. The minimum Gasteiger partial charge on any atom is -0.378 e. The van der Waals surface area contributed by atoms with Gasteiger partial charge in [0.05, 0.1) is 13.2 Å². The maximum Gasteiger partial charge on any atom is 0.237 e. The van der Waals surface area contributed by atoms with Gasteiger partial charge in [-0.05, 0) is 0 Å². The smallest absolute Gasteiger partial charge is 0.237 e. The number of hydrogen-bond acceptors (Lipinski definition) is 3. The third kappa shape index (κ3) is 2.06. The van der Waals surface area contributed by atoms with Crippen molar-refractivity contribution in [1.82, 2.24) is 4.90 Å². The Morgan fingerprint density at radius 3 is 3.17 bits per heavy atom. The molecule has 1 unspecified atom stereocenters. The zero-order valence-corrected chi connectivity index (χ0v) is 7.03. The van der Waals surface area contributed by atoms with Crippen LogP contribution in [-0.2, 0) is 9.53 Å². The molecule has 0 aromatic rings. The largest absolute Gasteiger partial charge is 0.378 e. The van der Waals surface area contributed by atoms with Crippen molar-refractivity contribution in [2.45, 2.75) is 6.04 Å². The van der Waals surface area contributed by atoms with Crippen molar-refractivity contribution in [2.75, 3.05) is 26.3 Å². The van der Waals surface area contributed by atoms with E-state index < -0.39 is 0 Å². The lowest BCUT2D eigenvalue weighted by Crippen LogP contribution is -2.52. The van der Waals surface area contributed by atoms with Crippen molar-refractivity contribution in [1.29, 1.82) is 0 Å². The molecule has 0 aromatic heterocycles. The summed E-state index contributed by atoms with van der Waals surface area (Å²) >= 11 is 0. The summed E-state index contributed by atoms with van der Waals surface area (Å²) in [5, 5.41) is 0. The average molecular weight is 170 g/mol. The Bertz CT molecular complexity index is 182. The summed E-state index contributed by atoms with van der Waals surface area (Å²) in [5.41, 5.74) is 5.19. The van der Waals surface area contributed by atoms with Crippen LogP contribution >= 0.6 is 0 Å². The number of ether oxygens (including phenoxy) is 1. The quantitative estimate of drug-likeness (QED) is 0.573. The van der Waals surface area contributed by atoms with E-state index in [0.717, 1.165) is 6.54 Å². The van der Waals surface area contributed by atoms with Crippen LogP contribution in [0.3, 0.4) is 0 Å². The molecule has 1 aliphatic heterocycles. The van der Waals surface area contributed by atoms with Crippen molar-refractivity contribution >= 4 is 5.91 Å². The van der Waals surface area contributed by atoms with Crippen LogP contribution in [0, 0.1) is 0 Å². The van der Waals surface area contributed by atoms with Crippen molar-refractivity contribution in [2.24, 2.45) is 5.73 Å². The lowest BCUT2D eigenvalue weighted by molar-refractivity contribution is -0.128. The van der Waals surface area contributed by atoms with E-state index in [-0.39, 0.29) is 11.9 Å². The molecule has 68 valence electrons. The van der Waals surface area contributed by atoms with E-state index >= 15 is 0 Å². The van der Waals surface area contributed by atoms with Crippen LogP contribution in [0.1, 0.15) is 0 Å². The second kappa shape index (κ2) is 4.23. The van der Waals surface area contributed by atoms with Crippen molar-refractivity contribution < 1.29 is 9.53 Å². The number of carbonyl (C=O) groups is 1. The summed E-state index contributed by atoms with van der Waals surface area (Å²) in [4.78, 5) is 12.9. The molecule has 0 bridgehead atoms. The van der Waals surface area contributed by atoms with E-state index in [9.17, 15) is 4.79 Å². The van der Waals surface area contributed by atoms with Crippen LogP contribution in [-0.4, -0.2) is 43.2 Å². The summed E-state index contributed by atoms with van der Waals surface area (Å²) in [7, 11) is 0. The first-order chi connectivity index (χ1) is 5.75. The van der Waals surface area contributed by atoms with Crippen molar-refractivity contribution in [3.8, 4) is 0 Å². The second-order valence-electron chi connectivity index (χ2n) is 2.78. The van der Waals surface area contributed by atoms with Crippen molar-refractivity contribution in [3.05, 3.63) is 12.7 Å². The molecule has 1 saturated heterocycles. The van der Waals surface area contributed by atoms with Gasteiger partial charge in [-0.1, -0.05) is 6.08 Å². The molecule has 0 saturated carbocycles. The number of rotatable bonds is 3. The molecule has 12 heavy (non-hydrogen) atoms. The summed E-state index contributed by atoms with van der Waals surface area (Å²) in [6.07, 6.45) is 1.77. The number of morpholine rings is 1. The van der Waals surface area contributed by atoms with Gasteiger partial charge in [-0.2, -0.15) is 0 Å². The molecular formula is C8H14N2O2. The number of nitrogens with zero attached hydrogens (tertiary/aromatic N) is 1. The molecule has 0 aliphatic carbocycles. The fourth-order valence-electron chi connectivity index (χ4n) is 1.28. The maximum absolute atomic E-state index is 10.9. The predicted molar refractivity (Wildman–Crippen MR) is 45.6 cm³/mol. The Kier molecular flexibility index (Phi) is 3.25. The monoisotopic (exact) mass is 170 g/mol. The van der Waals surface area contributed by atoms with Gasteiger partial charge in [-0.3, -0.25) is 9.69 Å². The minimum absolute atomic E-state index is 0.281. The molecule has 4 heteroatoms. The van der Waals surface area contributed by atoms with Gasteiger partial charge < -0.3 is 10.5 Å². The first-order valence-electron chi connectivity index (χ1n) is 3.97. The fraction of sp³-hybridized carbons (Fsp3) is 0.625. The highest BCUT2D eigenvalue weighted by molar-refractivity contribution is 5.80. The number of primary amides is 1. The topological polar surface area (TPSA) is 55.6 Å². The van der Waals surface area contributed by atoms with E-state index in [1.807, 2.05) is 4.90 Å². The molecule has 0 spiro atoms. The molecule has 1 fully saturated rings. The maximum atomic E-state index is 10.9. The third-order valence-electron chi connectivity index (χ3n) is 1.93. The Hall–Kier alpha value is -0.870. The van der Waals surface area contributed by atoms with E-state index in [1.54, 1.807) is 6.08 Å². The lowest BCUT2D eigenvalue weighted by atomic mass is 10.2. The van der Waals surface area contributed by atoms with Gasteiger partial charge in [0.1, 0.15) is 6.04 Å². The van der Waals surface area contributed by atoms with Crippen LogP contribution in [0.2, 0.25) is 0 Å². The van der Waals surface area contributed by atoms with Gasteiger partial charge in [-0.25, -0.2) is 0 Å². The number of hydrogen-bond donors (Lipinski definition) is 1. The van der Waals surface area contributed by atoms with Crippen molar-refractivity contribution in [3.63, 3.8) is 0 Å². The highest BCUT2D eigenvalue weighted by Crippen LogP contribution is 2.05. The molecule has 1 atom stereocenters. The predicted octanol–water partition coefficient (Wildman–Crippen LogP) is -0.641. The van der Waals surface area contributed by atoms with Crippen LogP contribution in [0.25, 0.3) is 0 Å². The van der Waals surface area contributed by atoms with E-state index in [1.165, 1.54) is 0 Å². The highest BCUT2D eigenvalue weighted by Gasteiger charge is 2.26. The average Bonchev–Trinajstić information content (AvgIpc) is 2.05. The summed E-state index contributed by atoms with van der Waals surface area (Å²) in [6.45, 7) is 6.13. The molecule has 1 aliphatic rings. The van der Waals surface area contributed by atoms with Gasteiger partial charge in [-0.15, -0.1) is 6.58 Å². The van der Waals surface area contributed by atoms with Gasteiger partial charge in [0.15, 0.2) is 0 Å². The van der Waals surface area contributed by atoms with Gasteiger partial charge in [0.25, 0.3) is 0 Å². The third-order valence-corrected chi connectivity index (χ3v) is 1.93. The standard InChI is InChI=1S/C8H14N2O2/c1-2-3-10-4-5-12-6-7(10)8(9)11/h2,7H,1,3-6H2,(H2,9,11). The zero-order valence-electron chi connectivity index (χ0n) is 7.03. The molecule has 4 nitrogen and oxygen atoms in total. The molecule has 1 amide bonds. The number of nitrogens with two attached hydrogens (primary N) is 1. The van der Waals surface area contributed by atoms with Crippen LogP contribution < -0.4 is 5.73 Å². The first-order valence-corrected chi connectivity index (χ1v) is 3.97. The molecule has 0 aromatic carbocycles. The molecule has 1 rings (SSSR count). The fourth-order valence-corrected chi connectivity index (χ4v) is 1.28. The SMILES string of the molecule is C=CCN1CCOCC1C(N)=O. The normalized spacial score (nSPS) is 25.2. The van der Waals surface area contributed by atoms with Crippen LogP contribution in [0.4, 0.5) is 0 Å². The molecule has 0 radical (unpaired) electrons. The Balaban J connectivity index is 2.53. The Morgan fingerprint density at radius 2 is 2.58 bits per heavy atom. The minimum atomic E-state index is -0.323. The van der Waals surface area contributed by atoms with E-state index in [2.05, 4.69) is 6.58 Å². The van der Waals surface area contributed by atoms with Gasteiger partial charge in [0, 0.05) is 13.1 Å². The molecule has 2 N–H and O–H groups in total. The first kappa shape index (κ1) is 9.22. The lowest BCUT2D eigenvalue weighted by Gasteiger charge is -2.32. The Morgan fingerprint density at radius 1 is 1.83 bits per heavy atom. The summed E-state index contributed by atoms with van der Waals surface area (Å²) in [5.74, 6) is -0.323. The second-order valence-corrected chi connectivity index (χ2v) is 2.78. The van der Waals surface area contributed by atoms with Gasteiger partial charge >= 0.3 is 0 Å². The van der Waals surface area contributed by atoms with E-state index in [4.69, 9.17) is 10.5 Å². The zero-order chi connectivity index (χ0) is 8.97. The van der Waals surface area contributed by atoms with E-state index in [0.29, 0.717) is 19.8 Å². The molecule has 1 heterocycles. The number of carbonyl (C=O) groups excluding carboxylic acids is 1. The number of amides is 1. The highest BCUT2D eigenvalue weighted by atomic mass is 16.5. The van der Waals surface area contributed by atoms with Crippen LogP contribution in [0.5, 0.6) is 0 Å². The Labute approximate surface area is 72.0 Å². The summed E-state index contributed by atoms with van der Waals surface area (Å²) < 4.78 is 5.14. The molecular weight excluding hydrogens is 156 g/mol. The van der Waals surface area contributed by atoms with Crippen LogP contribution in [0.15, 0.2) is 12.7 Å². The van der Waals surface area contributed by atoms with Gasteiger partial charge in [0.2, 0.25) is 5.91 Å².